The van der Waals surface area contributed by atoms with Gasteiger partial charge in [0.15, 0.2) is 0 Å². The summed E-state index contributed by atoms with van der Waals surface area (Å²) in [7, 11) is 0. The summed E-state index contributed by atoms with van der Waals surface area (Å²) in [6.07, 6.45) is 0.941. The smallest absolute Gasteiger partial charge is 0.251 e. The van der Waals surface area contributed by atoms with Crippen molar-refractivity contribution in [3.63, 3.8) is 0 Å². The topological polar surface area (TPSA) is 137 Å². The van der Waals surface area contributed by atoms with E-state index in [4.69, 9.17) is 11.1 Å². The Morgan fingerprint density at radius 3 is 2.69 bits per heavy atom. The summed E-state index contributed by atoms with van der Waals surface area (Å²) in [4.78, 5) is 30.3. The number of hydrogen-bond acceptors (Lipinski definition) is 4. The Morgan fingerprint density at radius 2 is 2.00 bits per heavy atom. The number of anilines is 1. The Balaban J connectivity index is 1.79. The second-order valence-corrected chi connectivity index (χ2v) is 5.69. The van der Waals surface area contributed by atoms with Gasteiger partial charge in [-0.3, -0.25) is 15.0 Å². The molecule has 8 nitrogen and oxygen atoms in total. The molecule has 2 amide bonds. The predicted octanol–water partition coefficient (Wildman–Crippen LogP) is 1.85. The fourth-order valence-electron chi connectivity index (χ4n) is 2.49. The van der Waals surface area contributed by atoms with Crippen molar-refractivity contribution in [2.24, 2.45) is 5.73 Å². The zero-order chi connectivity index (χ0) is 18.5. The highest BCUT2D eigenvalue weighted by Crippen LogP contribution is 2.22. The summed E-state index contributed by atoms with van der Waals surface area (Å²) in [5.41, 5.74) is 8.83. The van der Waals surface area contributed by atoms with Gasteiger partial charge in [0.25, 0.3) is 5.91 Å². The van der Waals surface area contributed by atoms with E-state index in [2.05, 4.69) is 20.6 Å². The minimum atomic E-state index is -0.228. The van der Waals surface area contributed by atoms with Crippen LogP contribution in [-0.4, -0.2) is 34.7 Å². The van der Waals surface area contributed by atoms with Gasteiger partial charge in [0.1, 0.15) is 5.82 Å². The maximum Gasteiger partial charge on any atom is 0.251 e. The fraction of sp³-hybridized carbons (Fsp3) is 0.111. The Bertz CT molecular complexity index is 961. The van der Waals surface area contributed by atoms with E-state index in [1.807, 2.05) is 12.1 Å². The first-order valence-electron chi connectivity index (χ1n) is 7.98. The SMILES string of the molecule is N=C(N)CCNC(=O)c1ccc2nc(-c3ccc(NC=O)cc3)[nH]c2c1. The molecule has 0 fully saturated rings. The van der Waals surface area contributed by atoms with E-state index in [1.165, 1.54) is 0 Å². The highest BCUT2D eigenvalue weighted by molar-refractivity contribution is 5.97. The summed E-state index contributed by atoms with van der Waals surface area (Å²) < 4.78 is 0. The number of nitrogens with two attached hydrogens (primary N) is 1. The molecule has 3 aromatic rings. The third-order valence-electron chi connectivity index (χ3n) is 3.81. The van der Waals surface area contributed by atoms with Crippen LogP contribution in [0, 0.1) is 5.41 Å². The number of aromatic nitrogens is 2. The number of aromatic amines is 1. The molecule has 0 aliphatic rings. The quantitative estimate of drug-likeness (QED) is 0.252. The first-order chi connectivity index (χ1) is 12.6. The molecule has 0 bridgehead atoms. The highest BCUT2D eigenvalue weighted by atomic mass is 16.1. The van der Waals surface area contributed by atoms with Gasteiger partial charge in [-0.05, 0) is 42.5 Å². The van der Waals surface area contributed by atoms with Gasteiger partial charge in [0.05, 0.1) is 16.9 Å². The minimum absolute atomic E-state index is 0.0355. The number of imidazole rings is 1. The average molecular weight is 350 g/mol. The first-order valence-corrected chi connectivity index (χ1v) is 7.98. The Morgan fingerprint density at radius 1 is 1.23 bits per heavy atom. The van der Waals surface area contributed by atoms with Gasteiger partial charge in [-0.1, -0.05) is 0 Å². The Labute approximate surface area is 149 Å². The van der Waals surface area contributed by atoms with Gasteiger partial charge in [0, 0.05) is 29.8 Å². The number of H-pyrrole nitrogens is 1. The number of fused-ring (bicyclic) bond motifs is 1. The molecule has 0 unspecified atom stereocenters. The van der Waals surface area contributed by atoms with E-state index in [9.17, 15) is 9.59 Å². The number of amides is 2. The number of carbonyl (C=O) groups is 2. The summed E-state index contributed by atoms with van der Waals surface area (Å²) in [5.74, 6) is 0.480. The lowest BCUT2D eigenvalue weighted by Crippen LogP contribution is -2.27. The summed E-state index contributed by atoms with van der Waals surface area (Å²) in [6, 6.07) is 12.5. The van der Waals surface area contributed by atoms with Gasteiger partial charge < -0.3 is 21.4 Å². The molecule has 26 heavy (non-hydrogen) atoms. The van der Waals surface area contributed by atoms with Crippen molar-refractivity contribution < 1.29 is 9.59 Å². The molecule has 2 aromatic carbocycles. The van der Waals surface area contributed by atoms with Crippen LogP contribution in [0.2, 0.25) is 0 Å². The molecule has 1 aromatic heterocycles. The lowest BCUT2D eigenvalue weighted by Gasteiger charge is -2.04. The van der Waals surface area contributed by atoms with E-state index < -0.39 is 0 Å². The minimum Gasteiger partial charge on any atom is -0.388 e. The second-order valence-electron chi connectivity index (χ2n) is 5.69. The van der Waals surface area contributed by atoms with Crippen molar-refractivity contribution in [2.45, 2.75) is 6.42 Å². The molecule has 8 heteroatoms. The number of nitrogens with one attached hydrogen (secondary N) is 4. The summed E-state index contributed by atoms with van der Waals surface area (Å²) in [6.45, 7) is 0.321. The van der Waals surface area contributed by atoms with E-state index in [0.717, 1.165) is 16.6 Å². The van der Waals surface area contributed by atoms with Gasteiger partial charge in [-0.2, -0.15) is 0 Å². The third kappa shape index (κ3) is 3.86. The van der Waals surface area contributed by atoms with Crippen LogP contribution in [0.25, 0.3) is 22.4 Å². The Kier molecular flexibility index (Phi) is 4.93. The van der Waals surface area contributed by atoms with E-state index in [1.54, 1.807) is 30.3 Å². The lowest BCUT2D eigenvalue weighted by molar-refractivity contribution is -0.105. The molecular formula is C18H18N6O2. The maximum atomic E-state index is 12.2. The van der Waals surface area contributed by atoms with Gasteiger partial charge >= 0.3 is 0 Å². The largest absolute Gasteiger partial charge is 0.388 e. The van der Waals surface area contributed by atoms with Crippen LogP contribution in [0.5, 0.6) is 0 Å². The van der Waals surface area contributed by atoms with Gasteiger partial charge in [-0.15, -0.1) is 0 Å². The number of hydrogen-bond donors (Lipinski definition) is 5. The molecule has 132 valence electrons. The van der Waals surface area contributed by atoms with Crippen molar-refractivity contribution >= 4 is 34.9 Å². The Hall–Kier alpha value is -3.68. The van der Waals surface area contributed by atoms with Crippen LogP contribution < -0.4 is 16.4 Å². The number of nitrogens with zero attached hydrogens (tertiary/aromatic N) is 1. The van der Waals surface area contributed by atoms with Crippen molar-refractivity contribution in [3.05, 3.63) is 48.0 Å². The third-order valence-corrected chi connectivity index (χ3v) is 3.81. The molecule has 1 heterocycles. The van der Waals surface area contributed by atoms with Crippen molar-refractivity contribution in [3.8, 4) is 11.4 Å². The van der Waals surface area contributed by atoms with Gasteiger partial charge in [-0.25, -0.2) is 4.98 Å². The molecule has 0 spiro atoms. The molecule has 0 saturated carbocycles. The summed E-state index contributed by atoms with van der Waals surface area (Å²) >= 11 is 0. The average Bonchev–Trinajstić information content (AvgIpc) is 3.05. The van der Waals surface area contributed by atoms with E-state index in [-0.39, 0.29) is 11.7 Å². The number of benzene rings is 2. The van der Waals surface area contributed by atoms with Crippen molar-refractivity contribution in [1.29, 1.82) is 5.41 Å². The summed E-state index contributed by atoms with van der Waals surface area (Å²) in [5, 5.41) is 12.5. The van der Waals surface area contributed by atoms with Crippen molar-refractivity contribution in [2.75, 3.05) is 11.9 Å². The number of rotatable bonds is 7. The van der Waals surface area contributed by atoms with Crippen LogP contribution in [0.1, 0.15) is 16.8 Å². The van der Waals surface area contributed by atoms with Crippen LogP contribution in [0.15, 0.2) is 42.5 Å². The molecule has 0 radical (unpaired) electrons. The van der Waals surface area contributed by atoms with E-state index >= 15 is 0 Å². The fourth-order valence-corrected chi connectivity index (χ4v) is 2.49. The molecule has 3 rings (SSSR count). The molecule has 0 aliphatic carbocycles. The standard InChI is InChI=1S/C18H18N6O2/c19-16(20)7-8-21-18(26)12-3-6-14-15(9-12)24-17(23-14)11-1-4-13(5-2-11)22-10-25/h1-6,9-10H,7-8H2,(H3,19,20)(H,21,26)(H,22,25)(H,23,24). The van der Waals surface area contributed by atoms with Gasteiger partial charge in [0.2, 0.25) is 6.41 Å². The highest BCUT2D eigenvalue weighted by Gasteiger charge is 2.10. The molecule has 0 aliphatic heterocycles. The zero-order valence-corrected chi connectivity index (χ0v) is 13.9. The van der Waals surface area contributed by atoms with Crippen LogP contribution >= 0.6 is 0 Å². The second kappa shape index (κ2) is 7.47. The van der Waals surface area contributed by atoms with E-state index in [0.29, 0.717) is 36.5 Å². The van der Waals surface area contributed by atoms with Crippen LogP contribution in [-0.2, 0) is 4.79 Å². The zero-order valence-electron chi connectivity index (χ0n) is 13.9. The molecule has 0 saturated heterocycles. The monoisotopic (exact) mass is 350 g/mol. The number of carbonyl (C=O) groups excluding carboxylic acids is 2. The normalized spacial score (nSPS) is 10.5. The van der Waals surface area contributed by atoms with Crippen LogP contribution in [0.4, 0.5) is 5.69 Å². The molecule has 6 N–H and O–H groups in total. The molecular weight excluding hydrogens is 332 g/mol. The van der Waals surface area contributed by atoms with Crippen LogP contribution in [0.3, 0.4) is 0 Å². The van der Waals surface area contributed by atoms with Crippen molar-refractivity contribution in [1.82, 2.24) is 15.3 Å². The lowest BCUT2D eigenvalue weighted by atomic mass is 10.2. The predicted molar refractivity (Wildman–Crippen MR) is 100 cm³/mol. The first kappa shape index (κ1) is 17.2. The maximum absolute atomic E-state index is 12.2. The number of amidine groups is 1. The molecule has 0 atom stereocenters.